The van der Waals surface area contributed by atoms with Crippen molar-refractivity contribution in [2.75, 3.05) is 14.1 Å². The van der Waals surface area contributed by atoms with Crippen LogP contribution in [0.3, 0.4) is 0 Å². The Balaban J connectivity index is 0.000000375. The van der Waals surface area contributed by atoms with Crippen LogP contribution < -0.4 is 29.5 Å². The molecule has 0 aromatic carbocycles. The third kappa shape index (κ3) is 15.4. The van der Waals surface area contributed by atoms with E-state index >= 15 is 0 Å². The number of rotatable bonds is 6. The first-order chi connectivity index (χ1) is 20.6. The van der Waals surface area contributed by atoms with Gasteiger partial charge in [-0.3, -0.25) is 40.8 Å². The molecule has 0 aliphatic rings. The average molecular weight is 696 g/mol. The molecule has 4 heterocycles. The zero-order valence-electron chi connectivity index (χ0n) is 23.0. The van der Waals surface area contributed by atoms with Crippen LogP contribution >= 0.6 is 0 Å². The van der Waals surface area contributed by atoms with E-state index in [2.05, 4.69) is 51.0 Å². The van der Waals surface area contributed by atoms with E-state index in [1.54, 1.807) is 38.9 Å². The third-order valence-corrected chi connectivity index (χ3v) is 5.11. The maximum absolute atomic E-state index is 8.49. The standard InChI is InChI=1S/2C13H13N5S.ClHO4.Fe/c2*1-14-13(19)18-17-12(10-6-2-4-8-15-10)11-7-3-5-9-16-11;2-1(3,4)5;/h2*2-9H,1H3,(H2,14,18,19);(H,2,3,4,5);/q;;;+3/p-3. The molecule has 0 amide bonds. The Morgan fingerprint density at radius 3 is 1.00 bits per heavy atom. The Bertz CT molecular complexity index is 1300. The van der Waals surface area contributed by atoms with Gasteiger partial charge in [0.05, 0.1) is 22.8 Å². The number of pyridine rings is 4. The minimum atomic E-state index is -4.94. The zero-order chi connectivity index (χ0) is 31.5. The first-order valence-electron chi connectivity index (χ1n) is 11.8. The molecule has 0 spiro atoms. The van der Waals surface area contributed by atoms with Crippen molar-refractivity contribution in [1.29, 1.82) is 0 Å². The maximum Gasteiger partial charge on any atom is 3.00 e. The summed E-state index contributed by atoms with van der Waals surface area (Å²) >= 11 is 9.90. The second-order valence-electron chi connectivity index (χ2n) is 7.44. The van der Waals surface area contributed by atoms with Crippen LogP contribution in [0.25, 0.3) is 0 Å². The molecule has 0 atom stereocenters. The third-order valence-electron chi connectivity index (χ3n) is 4.56. The molecule has 229 valence electrons. The molecule has 4 rings (SSSR count). The molecule has 0 saturated heterocycles. The number of aromatic nitrogens is 4. The van der Waals surface area contributed by atoms with Gasteiger partial charge >= 0.3 is 17.1 Å². The van der Waals surface area contributed by atoms with Gasteiger partial charge in [-0.2, -0.15) is 10.2 Å². The van der Waals surface area contributed by atoms with Crippen LogP contribution in [0.1, 0.15) is 22.8 Å². The summed E-state index contributed by atoms with van der Waals surface area (Å²) in [5.41, 5.74) is 9.50. The molecule has 4 aromatic rings. The fourth-order valence-corrected chi connectivity index (χ4v) is 2.90. The second kappa shape index (κ2) is 20.8. The Labute approximate surface area is 277 Å². The monoisotopic (exact) mass is 695 g/mol. The normalized spacial score (nSPS) is 10.8. The summed E-state index contributed by atoms with van der Waals surface area (Å²) in [6.45, 7) is 0. The average Bonchev–Trinajstić information content (AvgIpc) is 3.02. The van der Waals surface area contributed by atoms with Gasteiger partial charge < -0.3 is 25.3 Å². The molecule has 14 nitrogen and oxygen atoms in total. The smallest absolute Gasteiger partial charge is 0.741 e. The zero-order valence-corrected chi connectivity index (χ0v) is 26.5. The molecule has 2 N–H and O–H groups in total. The van der Waals surface area contributed by atoms with E-state index in [4.69, 9.17) is 43.9 Å². The van der Waals surface area contributed by atoms with E-state index in [-0.39, 0.29) is 17.1 Å². The van der Waals surface area contributed by atoms with E-state index in [0.717, 1.165) is 0 Å². The van der Waals surface area contributed by atoms with Crippen molar-refractivity contribution in [1.82, 2.24) is 30.8 Å². The van der Waals surface area contributed by atoms with Gasteiger partial charge in [0.25, 0.3) is 0 Å². The van der Waals surface area contributed by atoms with Gasteiger partial charge in [0.1, 0.15) is 11.4 Å². The van der Waals surface area contributed by atoms with Crippen molar-refractivity contribution >= 4 is 47.0 Å². The van der Waals surface area contributed by atoms with E-state index in [1.165, 1.54) is 0 Å². The van der Waals surface area contributed by atoms with E-state index in [1.807, 2.05) is 72.8 Å². The van der Waals surface area contributed by atoms with Crippen LogP contribution in [0.2, 0.25) is 0 Å². The minimum absolute atomic E-state index is 0. The summed E-state index contributed by atoms with van der Waals surface area (Å²) in [5.74, 6) is 0. The van der Waals surface area contributed by atoms with Crippen LogP contribution in [0.5, 0.6) is 0 Å². The fourth-order valence-electron chi connectivity index (χ4n) is 2.81. The first-order valence-corrected chi connectivity index (χ1v) is 13.9. The Hall–Kier alpha value is -4.03. The van der Waals surface area contributed by atoms with Crippen molar-refractivity contribution in [3.63, 3.8) is 0 Å². The van der Waals surface area contributed by atoms with Gasteiger partial charge in [-0.1, -0.05) is 24.3 Å². The Morgan fingerprint density at radius 2 is 0.818 bits per heavy atom. The van der Waals surface area contributed by atoms with Crippen molar-refractivity contribution in [3.8, 4) is 0 Å². The van der Waals surface area contributed by atoms with Crippen LogP contribution in [0.4, 0.5) is 0 Å². The van der Waals surface area contributed by atoms with Gasteiger partial charge in [-0.05, 0) is 58.9 Å². The molecular formula is C26H24ClFeN10O4S2. The fraction of sp³-hybridized carbons (Fsp3) is 0.0769. The number of amidine groups is 2. The summed E-state index contributed by atoms with van der Waals surface area (Å²) in [5, 5.41) is 9.10. The van der Waals surface area contributed by atoms with Crippen molar-refractivity contribution < 1.29 is 45.9 Å². The van der Waals surface area contributed by atoms with Crippen LogP contribution in [-0.2, 0) is 42.3 Å². The molecule has 0 saturated carbocycles. The van der Waals surface area contributed by atoms with Crippen molar-refractivity contribution in [2.45, 2.75) is 0 Å². The molecular weight excluding hydrogens is 672 g/mol. The minimum Gasteiger partial charge on any atom is -0.741 e. The molecule has 0 fully saturated rings. The number of hydrazone groups is 2. The SMILES string of the molecule is CN=C([S-])NN=C(c1ccccn1)c1ccccn1.CN=C([S-])NN=C(c1ccccn1)c1ccccn1.[Fe+3].[O-][Cl+3]([O-])([O-])[O-]. The number of aliphatic imine (C=N–C) groups is 2. The van der Waals surface area contributed by atoms with E-state index < -0.39 is 10.2 Å². The molecule has 44 heavy (non-hydrogen) atoms. The molecule has 0 aliphatic heterocycles. The molecule has 4 aromatic heterocycles. The second-order valence-corrected chi connectivity index (χ2v) is 8.97. The van der Waals surface area contributed by atoms with Gasteiger partial charge in [0, 0.05) is 38.9 Å². The van der Waals surface area contributed by atoms with Crippen LogP contribution in [0.15, 0.2) is 118 Å². The van der Waals surface area contributed by atoms with Gasteiger partial charge in [0.15, 0.2) is 0 Å². The summed E-state index contributed by atoms with van der Waals surface area (Å²) in [6.07, 6.45) is 6.82. The predicted octanol–water partition coefficient (Wildman–Crippen LogP) is -2.06. The quantitative estimate of drug-likeness (QED) is 0.0732. The summed E-state index contributed by atoms with van der Waals surface area (Å²) in [6, 6.07) is 22.4. The van der Waals surface area contributed by atoms with E-state index in [9.17, 15) is 0 Å². The van der Waals surface area contributed by atoms with Crippen LogP contribution in [-0.4, -0.2) is 55.8 Å². The van der Waals surface area contributed by atoms with Crippen molar-refractivity contribution in [2.24, 2.45) is 20.2 Å². The number of hydrogen-bond donors (Lipinski definition) is 2. The van der Waals surface area contributed by atoms with E-state index in [0.29, 0.717) is 44.5 Å². The summed E-state index contributed by atoms with van der Waals surface area (Å²) in [4.78, 5) is 24.7. The van der Waals surface area contributed by atoms with Crippen LogP contribution in [0, 0.1) is 10.2 Å². The van der Waals surface area contributed by atoms with Gasteiger partial charge in [-0.15, -0.1) is 10.2 Å². The topological polar surface area (TPSA) is 217 Å². The van der Waals surface area contributed by atoms with Gasteiger partial charge in [0.2, 0.25) is 0 Å². The molecule has 0 aliphatic carbocycles. The number of hydrogen-bond acceptors (Lipinski definition) is 14. The number of nitrogens with one attached hydrogen (secondary N) is 2. The summed E-state index contributed by atoms with van der Waals surface area (Å²) in [7, 11) is -1.74. The first kappa shape index (κ1) is 38.0. The number of halogens is 1. The maximum atomic E-state index is 8.49. The molecule has 0 bridgehead atoms. The molecule has 1 radical (unpaired) electrons. The predicted molar refractivity (Wildman–Crippen MR) is 156 cm³/mol. The number of nitrogens with zero attached hydrogens (tertiary/aromatic N) is 8. The molecule has 18 heteroatoms. The molecule has 0 unspecified atom stereocenters. The van der Waals surface area contributed by atoms with Gasteiger partial charge in [-0.25, -0.2) is 18.6 Å². The Morgan fingerprint density at radius 1 is 0.568 bits per heavy atom. The largest absolute Gasteiger partial charge is 3.00 e. The Kier molecular flexibility index (Phi) is 18.0. The van der Waals surface area contributed by atoms with Crippen molar-refractivity contribution in [3.05, 3.63) is 120 Å². The summed E-state index contributed by atoms with van der Waals surface area (Å²) < 4.78 is 34.0.